The van der Waals surface area contributed by atoms with Gasteiger partial charge in [-0.2, -0.15) is 0 Å². The van der Waals surface area contributed by atoms with Crippen LogP contribution in [0.2, 0.25) is 0 Å². The topological polar surface area (TPSA) is 56.0 Å². The second kappa shape index (κ2) is 5.40. The number of ketones is 1. The van der Waals surface area contributed by atoms with Crippen LogP contribution in [0.1, 0.15) is 41.2 Å². The normalized spacial score (nSPS) is 22.3. The number of aromatic nitrogens is 1. The molecule has 0 spiro atoms. The van der Waals surface area contributed by atoms with Crippen molar-refractivity contribution in [3.05, 3.63) is 16.1 Å². The van der Waals surface area contributed by atoms with Crippen LogP contribution in [0, 0.1) is 5.92 Å². The van der Waals surface area contributed by atoms with E-state index in [9.17, 15) is 13.6 Å². The molecule has 1 fully saturated rings. The van der Waals surface area contributed by atoms with Crippen molar-refractivity contribution in [1.29, 1.82) is 0 Å². The first-order valence-corrected chi connectivity index (χ1v) is 6.93. The number of thiazole rings is 1. The largest absolute Gasteiger partial charge is 0.330 e. The SMILES string of the molecule is NCCc1nc(C(=O)CC2CCC(F)(F)C2)cs1. The Hall–Kier alpha value is -0.880. The Morgan fingerprint density at radius 3 is 3.00 bits per heavy atom. The molecule has 100 valence electrons. The molecule has 18 heavy (non-hydrogen) atoms. The quantitative estimate of drug-likeness (QED) is 0.840. The molecule has 6 heteroatoms. The molecule has 3 nitrogen and oxygen atoms in total. The van der Waals surface area contributed by atoms with Crippen LogP contribution < -0.4 is 5.73 Å². The highest BCUT2D eigenvalue weighted by Gasteiger charge is 2.40. The Morgan fingerprint density at radius 1 is 1.61 bits per heavy atom. The lowest BCUT2D eigenvalue weighted by atomic mass is 10.00. The van der Waals surface area contributed by atoms with Crippen LogP contribution in [0.4, 0.5) is 8.78 Å². The van der Waals surface area contributed by atoms with Gasteiger partial charge in [-0.3, -0.25) is 4.79 Å². The van der Waals surface area contributed by atoms with Gasteiger partial charge in [0.15, 0.2) is 5.78 Å². The van der Waals surface area contributed by atoms with Gasteiger partial charge < -0.3 is 5.73 Å². The number of rotatable bonds is 5. The summed E-state index contributed by atoms with van der Waals surface area (Å²) < 4.78 is 26.0. The average molecular weight is 274 g/mol. The number of Topliss-reactive ketones (excluding diaryl/α,β-unsaturated/α-hetero) is 1. The van der Waals surface area contributed by atoms with Crippen molar-refractivity contribution in [3.63, 3.8) is 0 Å². The molecule has 1 aromatic rings. The van der Waals surface area contributed by atoms with Crippen molar-refractivity contribution < 1.29 is 13.6 Å². The summed E-state index contributed by atoms with van der Waals surface area (Å²) in [5.74, 6) is -2.91. The van der Waals surface area contributed by atoms with Gasteiger partial charge in [0.1, 0.15) is 5.69 Å². The summed E-state index contributed by atoms with van der Waals surface area (Å²) in [4.78, 5) is 16.1. The minimum Gasteiger partial charge on any atom is -0.330 e. The van der Waals surface area contributed by atoms with Crippen molar-refractivity contribution >= 4 is 17.1 Å². The number of carbonyl (C=O) groups is 1. The third-order valence-corrected chi connectivity index (χ3v) is 4.08. The summed E-state index contributed by atoms with van der Waals surface area (Å²) in [6.07, 6.45) is 0.998. The molecule has 2 N–H and O–H groups in total. The molecule has 0 aliphatic heterocycles. The van der Waals surface area contributed by atoms with E-state index in [1.54, 1.807) is 5.38 Å². The molecule has 1 aliphatic carbocycles. The Balaban J connectivity index is 1.91. The lowest BCUT2D eigenvalue weighted by molar-refractivity contribution is 0.00497. The molecule has 1 unspecified atom stereocenters. The van der Waals surface area contributed by atoms with E-state index >= 15 is 0 Å². The molecule has 0 saturated heterocycles. The molecule has 2 rings (SSSR count). The van der Waals surface area contributed by atoms with Crippen LogP contribution in [0.3, 0.4) is 0 Å². The van der Waals surface area contributed by atoms with Crippen molar-refractivity contribution in [2.45, 2.75) is 38.0 Å². The number of nitrogens with zero attached hydrogens (tertiary/aromatic N) is 1. The molecular formula is C12H16F2N2OS. The Morgan fingerprint density at radius 2 is 2.39 bits per heavy atom. The zero-order valence-electron chi connectivity index (χ0n) is 9.99. The summed E-state index contributed by atoms with van der Waals surface area (Å²) >= 11 is 1.40. The van der Waals surface area contributed by atoms with Gasteiger partial charge in [-0.25, -0.2) is 13.8 Å². The molecule has 0 radical (unpaired) electrons. The molecule has 0 bridgehead atoms. The minimum atomic E-state index is -2.59. The van der Waals surface area contributed by atoms with Crippen molar-refractivity contribution in [2.24, 2.45) is 11.7 Å². The number of hydrogen-bond acceptors (Lipinski definition) is 4. The van der Waals surface area contributed by atoms with E-state index in [0.717, 1.165) is 5.01 Å². The van der Waals surface area contributed by atoms with Crippen molar-refractivity contribution in [1.82, 2.24) is 4.98 Å². The summed E-state index contributed by atoms with van der Waals surface area (Å²) in [7, 11) is 0. The molecule has 1 aliphatic rings. The lowest BCUT2D eigenvalue weighted by Gasteiger charge is -2.08. The van der Waals surface area contributed by atoms with E-state index < -0.39 is 5.92 Å². The summed E-state index contributed by atoms with van der Waals surface area (Å²) in [5, 5.41) is 2.53. The first kappa shape index (κ1) is 13.5. The van der Waals surface area contributed by atoms with E-state index in [2.05, 4.69) is 4.98 Å². The lowest BCUT2D eigenvalue weighted by Crippen LogP contribution is -2.12. The van der Waals surface area contributed by atoms with Crippen LogP contribution in [0.25, 0.3) is 0 Å². The van der Waals surface area contributed by atoms with Crippen LogP contribution in [-0.2, 0) is 6.42 Å². The standard InChI is InChI=1S/C12H16F2N2OS/c13-12(14)3-1-8(6-12)5-10(17)9-7-18-11(16-9)2-4-15/h7-8H,1-6,15H2. The minimum absolute atomic E-state index is 0.0968. The van der Waals surface area contributed by atoms with E-state index in [1.165, 1.54) is 11.3 Å². The predicted molar refractivity (Wildman–Crippen MR) is 66.1 cm³/mol. The Labute approximate surface area is 108 Å². The van der Waals surface area contributed by atoms with Gasteiger partial charge in [0.25, 0.3) is 0 Å². The van der Waals surface area contributed by atoms with E-state index in [0.29, 0.717) is 25.1 Å². The van der Waals surface area contributed by atoms with Gasteiger partial charge >= 0.3 is 0 Å². The smallest absolute Gasteiger partial charge is 0.248 e. The maximum Gasteiger partial charge on any atom is 0.248 e. The van der Waals surface area contributed by atoms with E-state index in [-0.39, 0.29) is 31.0 Å². The third kappa shape index (κ3) is 3.32. The second-order valence-electron chi connectivity index (χ2n) is 4.76. The zero-order valence-corrected chi connectivity index (χ0v) is 10.8. The predicted octanol–water partition coefficient (Wildman–Crippen LogP) is 2.65. The number of alkyl halides is 2. The van der Waals surface area contributed by atoms with E-state index in [1.807, 2.05) is 0 Å². The molecule has 1 atom stereocenters. The third-order valence-electron chi connectivity index (χ3n) is 3.18. The highest BCUT2D eigenvalue weighted by Crippen LogP contribution is 2.40. The highest BCUT2D eigenvalue weighted by atomic mass is 32.1. The summed E-state index contributed by atoms with van der Waals surface area (Å²) in [6.45, 7) is 0.496. The molecular weight excluding hydrogens is 258 g/mol. The molecule has 1 saturated carbocycles. The zero-order chi connectivity index (χ0) is 13.2. The fourth-order valence-corrected chi connectivity index (χ4v) is 3.08. The Kier molecular flexibility index (Phi) is 4.07. The molecule has 1 heterocycles. The number of nitrogens with two attached hydrogens (primary N) is 1. The van der Waals surface area contributed by atoms with Crippen LogP contribution in [-0.4, -0.2) is 23.2 Å². The molecule has 1 aromatic heterocycles. The van der Waals surface area contributed by atoms with Gasteiger partial charge in [0.2, 0.25) is 5.92 Å². The maximum atomic E-state index is 13.0. The number of halogens is 2. The number of hydrogen-bond donors (Lipinski definition) is 1. The fourth-order valence-electron chi connectivity index (χ4n) is 2.26. The monoisotopic (exact) mass is 274 g/mol. The fraction of sp³-hybridized carbons (Fsp3) is 0.667. The van der Waals surface area contributed by atoms with Crippen LogP contribution in [0.5, 0.6) is 0 Å². The first-order chi connectivity index (χ1) is 8.50. The van der Waals surface area contributed by atoms with Crippen molar-refractivity contribution in [3.8, 4) is 0 Å². The van der Waals surface area contributed by atoms with Gasteiger partial charge in [0.05, 0.1) is 5.01 Å². The molecule has 0 amide bonds. The Bertz CT molecular complexity index is 433. The van der Waals surface area contributed by atoms with Gasteiger partial charge in [-0.1, -0.05) is 0 Å². The first-order valence-electron chi connectivity index (χ1n) is 6.06. The van der Waals surface area contributed by atoms with Crippen LogP contribution in [0.15, 0.2) is 5.38 Å². The average Bonchev–Trinajstić information content (AvgIpc) is 2.86. The number of carbonyl (C=O) groups excluding carboxylic acids is 1. The highest BCUT2D eigenvalue weighted by molar-refractivity contribution is 7.09. The van der Waals surface area contributed by atoms with Gasteiger partial charge in [-0.05, 0) is 18.9 Å². The van der Waals surface area contributed by atoms with Crippen LogP contribution >= 0.6 is 11.3 Å². The maximum absolute atomic E-state index is 13.0. The summed E-state index contributed by atoms with van der Waals surface area (Å²) in [6, 6.07) is 0. The van der Waals surface area contributed by atoms with E-state index in [4.69, 9.17) is 5.73 Å². The van der Waals surface area contributed by atoms with Crippen molar-refractivity contribution in [2.75, 3.05) is 6.54 Å². The second-order valence-corrected chi connectivity index (χ2v) is 5.70. The van der Waals surface area contributed by atoms with Gasteiger partial charge in [-0.15, -0.1) is 11.3 Å². The van der Waals surface area contributed by atoms with Gasteiger partial charge in [0, 0.05) is 31.1 Å². The summed E-state index contributed by atoms with van der Waals surface area (Å²) in [5.41, 5.74) is 5.81. The molecule has 0 aromatic carbocycles.